The standard InChI is InChI=1S/C17H19NO8/c1-7(20)10-4-8-2-3-9(5-11(8)25-16(10)23)18-13-15(22)14(21)12(6-19)26-17(13)24/h2-5,12-15,17-19,21-22,24H,6H2,1H3/t12?,13?,14-,15-,17?/m0/s1. The molecule has 26 heavy (non-hydrogen) atoms. The predicted octanol–water partition coefficient (Wildman–Crippen LogP) is -0.793. The molecule has 3 rings (SSSR count). The second-order valence-corrected chi connectivity index (χ2v) is 6.16. The Bertz CT molecular complexity index is 879. The molecule has 9 heteroatoms. The van der Waals surface area contributed by atoms with Crippen LogP contribution in [0.1, 0.15) is 17.3 Å². The molecular formula is C17H19NO8. The molecule has 9 nitrogen and oxygen atoms in total. The van der Waals surface area contributed by atoms with Gasteiger partial charge < -0.3 is 34.9 Å². The van der Waals surface area contributed by atoms with Gasteiger partial charge in [-0.05, 0) is 25.1 Å². The van der Waals surface area contributed by atoms with E-state index in [9.17, 15) is 24.9 Å². The molecule has 140 valence electrons. The number of benzene rings is 1. The summed E-state index contributed by atoms with van der Waals surface area (Å²) in [5.74, 6) is -0.402. The van der Waals surface area contributed by atoms with Crippen LogP contribution in [-0.4, -0.2) is 63.5 Å². The lowest BCUT2D eigenvalue weighted by atomic mass is 9.97. The van der Waals surface area contributed by atoms with Gasteiger partial charge in [-0.25, -0.2) is 4.79 Å². The summed E-state index contributed by atoms with van der Waals surface area (Å²) in [6, 6.07) is 5.01. The Morgan fingerprint density at radius 3 is 2.58 bits per heavy atom. The summed E-state index contributed by atoms with van der Waals surface area (Å²) in [5.41, 5.74) is -0.218. The van der Waals surface area contributed by atoms with Gasteiger partial charge in [0.25, 0.3) is 0 Å². The number of hydrogen-bond donors (Lipinski definition) is 5. The molecule has 5 N–H and O–H groups in total. The Morgan fingerprint density at radius 1 is 1.19 bits per heavy atom. The van der Waals surface area contributed by atoms with E-state index >= 15 is 0 Å². The predicted molar refractivity (Wildman–Crippen MR) is 89.9 cm³/mol. The van der Waals surface area contributed by atoms with Crippen molar-refractivity contribution in [3.05, 3.63) is 40.2 Å². The zero-order valence-corrected chi connectivity index (χ0v) is 13.8. The molecule has 1 aliphatic heterocycles. The molecule has 5 atom stereocenters. The third-order valence-electron chi connectivity index (χ3n) is 4.35. The molecule has 1 aromatic carbocycles. The lowest BCUT2D eigenvalue weighted by molar-refractivity contribution is -0.245. The molecule has 2 aromatic rings. The van der Waals surface area contributed by atoms with Crippen LogP contribution in [0, 0.1) is 0 Å². The molecule has 0 aliphatic carbocycles. The number of ketones is 1. The Hall–Kier alpha value is -2.30. The van der Waals surface area contributed by atoms with Gasteiger partial charge in [-0.3, -0.25) is 4.79 Å². The highest BCUT2D eigenvalue weighted by atomic mass is 16.6. The van der Waals surface area contributed by atoms with Crippen molar-refractivity contribution in [2.45, 2.75) is 37.6 Å². The van der Waals surface area contributed by atoms with E-state index in [1.807, 2.05) is 0 Å². The number of anilines is 1. The average molecular weight is 365 g/mol. The minimum Gasteiger partial charge on any atom is -0.422 e. The highest BCUT2D eigenvalue weighted by Gasteiger charge is 2.43. The van der Waals surface area contributed by atoms with Crippen LogP contribution >= 0.6 is 0 Å². The monoisotopic (exact) mass is 365 g/mol. The second-order valence-electron chi connectivity index (χ2n) is 6.16. The number of ether oxygens (including phenoxy) is 1. The van der Waals surface area contributed by atoms with Crippen LogP contribution in [0.3, 0.4) is 0 Å². The quantitative estimate of drug-likeness (QED) is 0.347. The largest absolute Gasteiger partial charge is 0.422 e. The smallest absolute Gasteiger partial charge is 0.347 e. The number of nitrogens with one attached hydrogen (secondary N) is 1. The average Bonchev–Trinajstić information content (AvgIpc) is 2.60. The van der Waals surface area contributed by atoms with Gasteiger partial charge in [0, 0.05) is 17.1 Å². The fourth-order valence-electron chi connectivity index (χ4n) is 2.89. The number of Topliss-reactive ketones (excluding diaryl/α,β-unsaturated/α-hetero) is 1. The lowest BCUT2D eigenvalue weighted by Gasteiger charge is -2.40. The van der Waals surface area contributed by atoms with Crippen LogP contribution in [0.2, 0.25) is 0 Å². The lowest BCUT2D eigenvalue weighted by Crippen LogP contribution is -2.61. The molecule has 0 spiro atoms. The fourth-order valence-corrected chi connectivity index (χ4v) is 2.89. The summed E-state index contributed by atoms with van der Waals surface area (Å²) in [7, 11) is 0. The van der Waals surface area contributed by atoms with Crippen LogP contribution < -0.4 is 10.9 Å². The molecule has 3 unspecified atom stereocenters. The Labute approximate surface area is 147 Å². The van der Waals surface area contributed by atoms with Crippen molar-refractivity contribution in [1.82, 2.24) is 0 Å². The van der Waals surface area contributed by atoms with E-state index < -0.39 is 48.7 Å². The highest BCUT2D eigenvalue weighted by molar-refractivity contribution is 5.96. The zero-order chi connectivity index (χ0) is 19.0. The van der Waals surface area contributed by atoms with E-state index in [4.69, 9.17) is 14.3 Å². The molecule has 2 heterocycles. The van der Waals surface area contributed by atoms with E-state index in [0.29, 0.717) is 11.1 Å². The number of aliphatic hydroxyl groups excluding tert-OH is 4. The van der Waals surface area contributed by atoms with Gasteiger partial charge >= 0.3 is 5.63 Å². The SMILES string of the molecule is CC(=O)c1cc2ccc(NC3C(O)OC(CO)[C@H](O)[C@H]3O)cc2oc1=O. The van der Waals surface area contributed by atoms with Gasteiger partial charge in [-0.15, -0.1) is 0 Å². The van der Waals surface area contributed by atoms with Gasteiger partial charge in [0.15, 0.2) is 12.1 Å². The topological polar surface area (TPSA) is 149 Å². The van der Waals surface area contributed by atoms with Gasteiger partial charge in [0.1, 0.15) is 35.5 Å². The molecule has 1 saturated heterocycles. The van der Waals surface area contributed by atoms with E-state index in [1.54, 1.807) is 12.1 Å². The van der Waals surface area contributed by atoms with E-state index in [-0.39, 0.29) is 11.1 Å². The highest BCUT2D eigenvalue weighted by Crippen LogP contribution is 2.25. The maximum Gasteiger partial charge on any atom is 0.347 e. The van der Waals surface area contributed by atoms with E-state index in [0.717, 1.165) is 0 Å². The van der Waals surface area contributed by atoms with Gasteiger partial charge in [-0.2, -0.15) is 0 Å². The van der Waals surface area contributed by atoms with E-state index in [1.165, 1.54) is 19.1 Å². The van der Waals surface area contributed by atoms with Gasteiger partial charge in [0.2, 0.25) is 0 Å². The van der Waals surface area contributed by atoms with Gasteiger partial charge in [0.05, 0.1) is 6.61 Å². The molecule has 1 aromatic heterocycles. The van der Waals surface area contributed by atoms with Crippen molar-refractivity contribution in [2.75, 3.05) is 11.9 Å². The molecule has 1 fully saturated rings. The van der Waals surface area contributed by atoms with Crippen molar-refractivity contribution >= 4 is 22.4 Å². The Morgan fingerprint density at radius 2 is 1.92 bits per heavy atom. The summed E-state index contributed by atoms with van der Waals surface area (Å²) in [4.78, 5) is 23.2. The van der Waals surface area contributed by atoms with Crippen LogP contribution in [-0.2, 0) is 4.74 Å². The molecule has 0 saturated carbocycles. The minimum atomic E-state index is -1.48. The maximum absolute atomic E-state index is 11.8. The third-order valence-corrected chi connectivity index (χ3v) is 4.35. The Balaban J connectivity index is 1.88. The first-order valence-corrected chi connectivity index (χ1v) is 7.97. The van der Waals surface area contributed by atoms with Crippen molar-refractivity contribution in [2.24, 2.45) is 0 Å². The van der Waals surface area contributed by atoms with Crippen molar-refractivity contribution in [3.63, 3.8) is 0 Å². The van der Waals surface area contributed by atoms with Crippen LogP contribution in [0.5, 0.6) is 0 Å². The van der Waals surface area contributed by atoms with E-state index in [2.05, 4.69) is 5.32 Å². The third kappa shape index (κ3) is 3.35. The molecule has 0 amide bonds. The number of aliphatic hydroxyl groups is 4. The minimum absolute atomic E-state index is 0.0529. The van der Waals surface area contributed by atoms with Crippen LogP contribution in [0.15, 0.2) is 33.5 Å². The normalized spacial score (nSPS) is 28.9. The summed E-state index contributed by atoms with van der Waals surface area (Å²) >= 11 is 0. The molecular weight excluding hydrogens is 346 g/mol. The summed E-state index contributed by atoms with van der Waals surface area (Å²) in [6.45, 7) is 0.715. The van der Waals surface area contributed by atoms with Crippen LogP contribution in [0.25, 0.3) is 11.0 Å². The number of carbonyl (C=O) groups is 1. The first-order valence-electron chi connectivity index (χ1n) is 7.97. The molecule has 0 bridgehead atoms. The Kier molecular flexibility index (Phi) is 5.08. The summed E-state index contributed by atoms with van der Waals surface area (Å²) in [6.07, 6.45) is -5.37. The van der Waals surface area contributed by atoms with Crippen molar-refractivity contribution in [1.29, 1.82) is 0 Å². The van der Waals surface area contributed by atoms with Crippen molar-refractivity contribution in [3.8, 4) is 0 Å². The summed E-state index contributed by atoms with van der Waals surface area (Å²) in [5, 5.41) is 42.5. The first-order chi connectivity index (χ1) is 12.3. The first kappa shape index (κ1) is 18.5. The van der Waals surface area contributed by atoms with Crippen LogP contribution in [0.4, 0.5) is 5.69 Å². The van der Waals surface area contributed by atoms with Gasteiger partial charge in [-0.1, -0.05) is 0 Å². The second kappa shape index (κ2) is 7.14. The number of fused-ring (bicyclic) bond motifs is 1. The molecule has 1 aliphatic rings. The fraction of sp³-hybridized carbons (Fsp3) is 0.412. The maximum atomic E-state index is 11.8. The number of hydrogen-bond acceptors (Lipinski definition) is 9. The number of rotatable bonds is 4. The zero-order valence-electron chi connectivity index (χ0n) is 13.8. The number of carbonyl (C=O) groups excluding carboxylic acids is 1. The molecule has 0 radical (unpaired) electrons. The van der Waals surface area contributed by atoms with Crippen molar-refractivity contribution < 1.29 is 34.4 Å². The summed E-state index contributed by atoms with van der Waals surface area (Å²) < 4.78 is 10.2.